The molecule has 1 amide bonds. The molecule has 210 valence electrons. The number of pyridine rings is 1. The van der Waals surface area contributed by atoms with E-state index in [4.69, 9.17) is 9.72 Å². The number of carbonyl (C=O) groups is 1. The quantitative estimate of drug-likeness (QED) is 0.253. The van der Waals surface area contributed by atoms with Crippen LogP contribution in [0.3, 0.4) is 0 Å². The van der Waals surface area contributed by atoms with E-state index in [-0.39, 0.29) is 23.9 Å². The number of ether oxygens (including phenoxy) is 1. The van der Waals surface area contributed by atoms with Gasteiger partial charge < -0.3 is 25.3 Å². The molecule has 3 aromatic heterocycles. The van der Waals surface area contributed by atoms with Crippen molar-refractivity contribution in [3.63, 3.8) is 0 Å². The van der Waals surface area contributed by atoms with Gasteiger partial charge in [0.25, 0.3) is 0 Å². The van der Waals surface area contributed by atoms with Gasteiger partial charge in [0, 0.05) is 48.8 Å². The summed E-state index contributed by atoms with van der Waals surface area (Å²) < 4.78 is 18.9. The van der Waals surface area contributed by atoms with Crippen LogP contribution in [0.25, 0.3) is 22.4 Å². The Kier molecular flexibility index (Phi) is 7.60. The molecule has 4 heterocycles. The third-order valence-electron chi connectivity index (χ3n) is 6.90. The van der Waals surface area contributed by atoms with Crippen LogP contribution in [0.5, 0.6) is 0 Å². The number of anilines is 3. The lowest BCUT2D eigenvalue weighted by molar-refractivity contribution is 0.0497. The van der Waals surface area contributed by atoms with Crippen LogP contribution in [0, 0.1) is 5.82 Å². The van der Waals surface area contributed by atoms with Crippen LogP contribution in [0.2, 0.25) is 0 Å². The van der Waals surface area contributed by atoms with E-state index in [1.807, 2.05) is 39.2 Å². The number of H-pyrrole nitrogens is 1. The van der Waals surface area contributed by atoms with Crippen LogP contribution < -0.4 is 15.5 Å². The van der Waals surface area contributed by atoms with Crippen LogP contribution in [-0.4, -0.2) is 50.8 Å². The molecule has 0 aliphatic carbocycles. The predicted molar refractivity (Wildman–Crippen MR) is 155 cm³/mol. The van der Waals surface area contributed by atoms with Crippen molar-refractivity contribution in [2.45, 2.75) is 65.0 Å². The summed E-state index contributed by atoms with van der Waals surface area (Å²) in [5, 5.41) is 7.53. The maximum Gasteiger partial charge on any atom is 0.407 e. The molecule has 3 N–H and O–H groups in total. The number of fused-ring (bicyclic) bond motifs is 1. The molecule has 4 aromatic rings. The number of rotatable bonds is 6. The summed E-state index contributed by atoms with van der Waals surface area (Å²) in [6.45, 7) is 11.3. The second-order valence-electron chi connectivity index (χ2n) is 11.4. The molecule has 0 radical (unpaired) electrons. The number of piperidine rings is 1. The maximum absolute atomic E-state index is 13.5. The first-order valence-corrected chi connectivity index (χ1v) is 13.7. The van der Waals surface area contributed by atoms with Gasteiger partial charge in [-0.15, -0.1) is 0 Å². The van der Waals surface area contributed by atoms with Crippen molar-refractivity contribution in [1.82, 2.24) is 25.3 Å². The van der Waals surface area contributed by atoms with Crippen LogP contribution in [0.15, 0.2) is 48.9 Å². The third kappa shape index (κ3) is 6.16. The molecule has 40 heavy (non-hydrogen) atoms. The summed E-state index contributed by atoms with van der Waals surface area (Å²) in [5.74, 6) is 1.10. The van der Waals surface area contributed by atoms with Gasteiger partial charge in [-0.25, -0.2) is 24.1 Å². The predicted octanol–water partition coefficient (Wildman–Crippen LogP) is 6.52. The molecule has 1 aliphatic heterocycles. The second-order valence-corrected chi connectivity index (χ2v) is 11.4. The molecule has 0 bridgehead atoms. The monoisotopic (exact) mass is 545 g/mol. The van der Waals surface area contributed by atoms with Gasteiger partial charge in [0.05, 0.1) is 16.8 Å². The lowest BCUT2D eigenvalue weighted by Gasteiger charge is -2.34. The number of carbonyl (C=O) groups excluding carboxylic acids is 1. The van der Waals surface area contributed by atoms with Gasteiger partial charge in [0.15, 0.2) is 5.82 Å². The fraction of sp³-hybridized carbons (Fsp3) is 0.400. The first-order chi connectivity index (χ1) is 19.1. The number of amides is 1. The van der Waals surface area contributed by atoms with Crippen molar-refractivity contribution in [2.75, 3.05) is 23.3 Å². The smallest absolute Gasteiger partial charge is 0.407 e. The van der Waals surface area contributed by atoms with E-state index >= 15 is 0 Å². The molecule has 0 saturated carbocycles. The Balaban J connectivity index is 1.39. The summed E-state index contributed by atoms with van der Waals surface area (Å²) in [5.41, 5.74) is 3.88. The third-order valence-corrected chi connectivity index (χ3v) is 6.90. The molecule has 0 spiro atoms. The Bertz CT molecular complexity index is 1490. The van der Waals surface area contributed by atoms with E-state index in [2.05, 4.69) is 44.3 Å². The van der Waals surface area contributed by atoms with Crippen molar-refractivity contribution in [3.8, 4) is 11.4 Å². The zero-order valence-electron chi connectivity index (χ0n) is 23.6. The molecule has 5 rings (SSSR count). The Morgan fingerprint density at radius 2 is 1.85 bits per heavy atom. The summed E-state index contributed by atoms with van der Waals surface area (Å²) in [6.07, 6.45) is 6.81. The number of benzene rings is 1. The highest BCUT2D eigenvalue weighted by Crippen LogP contribution is 2.36. The molecule has 1 aromatic carbocycles. The Morgan fingerprint density at radius 1 is 1.12 bits per heavy atom. The van der Waals surface area contributed by atoms with Crippen molar-refractivity contribution in [1.29, 1.82) is 0 Å². The SMILES string of the molecule is CC(C)c1cnc(-c2ccc(F)cc2)nc1Nc1ccnc2[nH]cc(N3CCC(NC(=O)OC(C)(C)C)CC3)c12. The van der Waals surface area contributed by atoms with Crippen LogP contribution in [-0.2, 0) is 4.74 Å². The van der Waals surface area contributed by atoms with Gasteiger partial charge in [-0.05, 0) is 69.9 Å². The van der Waals surface area contributed by atoms with Crippen LogP contribution in [0.1, 0.15) is 58.9 Å². The van der Waals surface area contributed by atoms with Crippen molar-refractivity contribution in [2.24, 2.45) is 0 Å². The largest absolute Gasteiger partial charge is 0.444 e. The van der Waals surface area contributed by atoms with E-state index in [0.29, 0.717) is 11.6 Å². The Labute approximate surface area is 233 Å². The van der Waals surface area contributed by atoms with E-state index in [1.165, 1.54) is 12.1 Å². The van der Waals surface area contributed by atoms with E-state index in [1.54, 1.807) is 18.3 Å². The maximum atomic E-state index is 13.5. The van der Waals surface area contributed by atoms with E-state index in [0.717, 1.165) is 59.5 Å². The summed E-state index contributed by atoms with van der Waals surface area (Å²) >= 11 is 0. The highest BCUT2D eigenvalue weighted by Gasteiger charge is 2.26. The lowest BCUT2D eigenvalue weighted by atomic mass is 10.0. The van der Waals surface area contributed by atoms with Crippen molar-refractivity contribution < 1.29 is 13.9 Å². The molecule has 0 atom stereocenters. The zero-order valence-corrected chi connectivity index (χ0v) is 23.6. The standard InChI is InChI=1S/C30H36FN7O2/c1-18(2)22-16-33-26(19-6-8-20(31)9-7-19)37-27(22)36-23-10-13-32-28-25(23)24(17-34-28)38-14-11-21(12-15-38)35-29(39)40-30(3,4)5/h6-10,13,16-18,21H,11-12,14-15H2,1-5H3,(H,35,39)(H2,32,33,34,36,37). The molecule has 0 unspecified atom stereocenters. The van der Waals surface area contributed by atoms with E-state index < -0.39 is 5.60 Å². The minimum absolute atomic E-state index is 0.0616. The summed E-state index contributed by atoms with van der Waals surface area (Å²) in [7, 11) is 0. The summed E-state index contributed by atoms with van der Waals surface area (Å²) in [6, 6.07) is 8.19. The number of aromatic nitrogens is 4. The van der Waals surface area contributed by atoms with Gasteiger partial charge >= 0.3 is 6.09 Å². The van der Waals surface area contributed by atoms with E-state index in [9.17, 15) is 9.18 Å². The first-order valence-electron chi connectivity index (χ1n) is 13.7. The highest BCUT2D eigenvalue weighted by molar-refractivity contribution is 6.01. The van der Waals surface area contributed by atoms with Crippen molar-refractivity contribution in [3.05, 3.63) is 60.3 Å². The normalized spacial score (nSPS) is 14.5. The molecular formula is C30H36FN7O2. The minimum atomic E-state index is -0.524. The lowest BCUT2D eigenvalue weighted by Crippen LogP contribution is -2.46. The zero-order chi connectivity index (χ0) is 28.4. The molecular weight excluding hydrogens is 509 g/mol. The summed E-state index contributed by atoms with van der Waals surface area (Å²) in [4.78, 5) is 31.8. The van der Waals surface area contributed by atoms with Gasteiger partial charge in [0.1, 0.15) is 22.9 Å². The van der Waals surface area contributed by atoms with Gasteiger partial charge in [-0.2, -0.15) is 0 Å². The molecule has 1 saturated heterocycles. The Morgan fingerprint density at radius 3 is 2.52 bits per heavy atom. The number of halogens is 1. The minimum Gasteiger partial charge on any atom is -0.444 e. The average Bonchev–Trinajstić information content (AvgIpc) is 3.33. The Hall–Kier alpha value is -4.21. The molecule has 10 heteroatoms. The van der Waals surface area contributed by atoms with Crippen LogP contribution >= 0.6 is 0 Å². The fourth-order valence-electron chi connectivity index (χ4n) is 4.91. The first kappa shape index (κ1) is 27.4. The fourth-order valence-corrected chi connectivity index (χ4v) is 4.91. The van der Waals surface area contributed by atoms with Gasteiger partial charge in [-0.3, -0.25) is 0 Å². The molecule has 9 nitrogen and oxygen atoms in total. The highest BCUT2D eigenvalue weighted by atomic mass is 19.1. The number of hydrogen-bond acceptors (Lipinski definition) is 7. The number of nitrogens with one attached hydrogen (secondary N) is 3. The number of hydrogen-bond donors (Lipinski definition) is 3. The topological polar surface area (TPSA) is 108 Å². The molecule has 1 aliphatic rings. The van der Waals surface area contributed by atoms with Crippen LogP contribution in [0.4, 0.5) is 26.4 Å². The number of alkyl carbamates (subject to hydrolysis) is 1. The number of nitrogens with zero attached hydrogens (tertiary/aromatic N) is 4. The number of aromatic amines is 1. The molecule has 1 fully saturated rings. The average molecular weight is 546 g/mol. The van der Waals surface area contributed by atoms with Gasteiger partial charge in [0.2, 0.25) is 0 Å². The second kappa shape index (κ2) is 11.1. The van der Waals surface area contributed by atoms with Crippen molar-refractivity contribution >= 4 is 34.3 Å². The van der Waals surface area contributed by atoms with Gasteiger partial charge in [-0.1, -0.05) is 13.8 Å².